The van der Waals surface area contributed by atoms with Crippen molar-refractivity contribution in [3.63, 3.8) is 0 Å². The van der Waals surface area contributed by atoms with Gasteiger partial charge in [0.25, 0.3) is 0 Å². The number of hydrogen-bond acceptors (Lipinski definition) is 3. The Morgan fingerprint density at radius 2 is 1.89 bits per heavy atom. The molecule has 5 heteroatoms. The zero-order chi connectivity index (χ0) is 19.2. The Morgan fingerprint density at radius 3 is 2.56 bits per heavy atom. The van der Waals surface area contributed by atoms with Crippen molar-refractivity contribution in [2.75, 3.05) is 38.6 Å². The van der Waals surface area contributed by atoms with E-state index in [0.29, 0.717) is 18.9 Å². The summed E-state index contributed by atoms with van der Waals surface area (Å²) in [6.07, 6.45) is 7.33. The molecule has 2 saturated heterocycles. The van der Waals surface area contributed by atoms with E-state index < -0.39 is 0 Å². The minimum Gasteiger partial charge on any atom is -0.378 e. The maximum absolute atomic E-state index is 12.9. The summed E-state index contributed by atoms with van der Waals surface area (Å²) < 4.78 is 0. The van der Waals surface area contributed by atoms with Gasteiger partial charge < -0.3 is 14.7 Å². The van der Waals surface area contributed by atoms with Crippen LogP contribution in [-0.4, -0.2) is 61.4 Å². The van der Waals surface area contributed by atoms with Crippen molar-refractivity contribution in [3.8, 4) is 0 Å². The number of rotatable bonds is 7. The van der Waals surface area contributed by atoms with E-state index in [0.717, 1.165) is 51.7 Å². The van der Waals surface area contributed by atoms with Gasteiger partial charge in [-0.3, -0.25) is 9.59 Å². The fourth-order valence-corrected chi connectivity index (χ4v) is 4.23. The lowest BCUT2D eigenvalue weighted by Gasteiger charge is -2.37. The lowest BCUT2D eigenvalue weighted by atomic mass is 9.98. The van der Waals surface area contributed by atoms with Gasteiger partial charge in [0, 0.05) is 58.3 Å². The summed E-state index contributed by atoms with van der Waals surface area (Å²) in [5.41, 5.74) is 2.39. The van der Waals surface area contributed by atoms with E-state index >= 15 is 0 Å². The Hall–Kier alpha value is -2.04. The second kappa shape index (κ2) is 9.25. The van der Waals surface area contributed by atoms with Crippen LogP contribution in [0.5, 0.6) is 0 Å². The summed E-state index contributed by atoms with van der Waals surface area (Å²) >= 11 is 0. The number of aryl methyl sites for hydroxylation is 1. The van der Waals surface area contributed by atoms with Gasteiger partial charge in [-0.25, -0.2) is 0 Å². The highest BCUT2D eigenvalue weighted by atomic mass is 16.2. The molecule has 0 unspecified atom stereocenters. The molecule has 0 radical (unpaired) electrons. The molecule has 27 heavy (non-hydrogen) atoms. The van der Waals surface area contributed by atoms with Crippen molar-refractivity contribution in [1.29, 1.82) is 0 Å². The monoisotopic (exact) mass is 371 g/mol. The molecule has 0 aromatic heterocycles. The first-order chi connectivity index (χ1) is 13.0. The minimum absolute atomic E-state index is 0.268. The molecule has 1 aromatic carbocycles. The number of carbonyl (C=O) groups excluding carboxylic acids is 2. The average Bonchev–Trinajstić information content (AvgIpc) is 3.10. The summed E-state index contributed by atoms with van der Waals surface area (Å²) in [7, 11) is 4.06. The molecule has 0 saturated carbocycles. The molecule has 0 N–H and O–H groups in total. The topological polar surface area (TPSA) is 43.9 Å². The second-order valence-electron chi connectivity index (χ2n) is 8.07. The van der Waals surface area contributed by atoms with Crippen molar-refractivity contribution in [2.45, 2.75) is 57.4 Å². The first-order valence-corrected chi connectivity index (χ1v) is 10.4. The molecular formula is C22H33N3O2. The van der Waals surface area contributed by atoms with Gasteiger partial charge in [-0.1, -0.05) is 12.1 Å². The van der Waals surface area contributed by atoms with Crippen molar-refractivity contribution in [2.24, 2.45) is 0 Å². The maximum atomic E-state index is 12.9. The SMILES string of the molecule is CN(C)c1ccc(CCC(=O)N2CCCC[C@H]2CCN2CCCC2=O)cc1. The number of benzene rings is 1. The average molecular weight is 372 g/mol. The van der Waals surface area contributed by atoms with Crippen molar-refractivity contribution >= 4 is 17.5 Å². The number of likely N-dealkylation sites (tertiary alicyclic amines) is 2. The molecule has 2 fully saturated rings. The van der Waals surface area contributed by atoms with Gasteiger partial charge in [0.05, 0.1) is 0 Å². The zero-order valence-corrected chi connectivity index (χ0v) is 16.8. The minimum atomic E-state index is 0.268. The number of anilines is 1. The first kappa shape index (κ1) is 19.7. The van der Waals surface area contributed by atoms with Crippen molar-refractivity contribution < 1.29 is 9.59 Å². The highest BCUT2D eigenvalue weighted by molar-refractivity contribution is 5.78. The fourth-order valence-electron chi connectivity index (χ4n) is 4.23. The molecule has 2 aliphatic rings. The van der Waals surface area contributed by atoms with Crippen LogP contribution in [0, 0.1) is 0 Å². The third-order valence-corrected chi connectivity index (χ3v) is 5.93. The summed E-state index contributed by atoms with van der Waals surface area (Å²) in [4.78, 5) is 30.8. The van der Waals surface area contributed by atoms with Gasteiger partial charge >= 0.3 is 0 Å². The summed E-state index contributed by atoms with van der Waals surface area (Å²) in [5.74, 6) is 0.550. The van der Waals surface area contributed by atoms with E-state index in [1.54, 1.807) is 0 Å². The molecule has 1 atom stereocenters. The molecule has 0 bridgehead atoms. The standard InChI is InChI=1S/C22H33N3O2/c1-23(2)19-11-8-18(9-12-19)10-13-22(27)25-16-4-3-6-20(25)14-17-24-15-5-7-21(24)26/h8-9,11-12,20H,3-7,10,13-17H2,1-2H3/t20-/m0/s1. The van der Waals surface area contributed by atoms with E-state index in [4.69, 9.17) is 0 Å². The lowest BCUT2D eigenvalue weighted by molar-refractivity contribution is -0.135. The Balaban J connectivity index is 1.50. The molecule has 3 rings (SSSR count). The van der Waals surface area contributed by atoms with Gasteiger partial charge in [0.1, 0.15) is 0 Å². The number of amides is 2. The van der Waals surface area contributed by atoms with Gasteiger partial charge in [-0.2, -0.15) is 0 Å². The number of piperidine rings is 1. The van der Waals surface area contributed by atoms with Gasteiger partial charge in [-0.05, 0) is 56.2 Å². The Bertz CT molecular complexity index is 641. The van der Waals surface area contributed by atoms with Crippen molar-refractivity contribution in [3.05, 3.63) is 29.8 Å². The Kier molecular flexibility index (Phi) is 6.75. The smallest absolute Gasteiger partial charge is 0.223 e. The van der Waals surface area contributed by atoms with Crippen LogP contribution in [0.25, 0.3) is 0 Å². The highest BCUT2D eigenvalue weighted by Gasteiger charge is 2.28. The Labute approximate surface area is 163 Å². The molecule has 1 aromatic rings. The molecular weight excluding hydrogens is 338 g/mol. The number of nitrogens with zero attached hydrogens (tertiary/aromatic N) is 3. The predicted octanol–water partition coefficient (Wildman–Crippen LogP) is 3.08. The molecule has 2 aliphatic heterocycles. The van der Waals surface area contributed by atoms with Crippen LogP contribution >= 0.6 is 0 Å². The molecule has 0 aliphatic carbocycles. The van der Waals surface area contributed by atoms with E-state index in [2.05, 4.69) is 34.1 Å². The molecule has 2 amide bonds. The summed E-state index contributed by atoms with van der Waals surface area (Å²) in [6.45, 7) is 2.57. The quantitative estimate of drug-likeness (QED) is 0.740. The number of hydrogen-bond donors (Lipinski definition) is 0. The van der Waals surface area contributed by atoms with Gasteiger partial charge in [0.2, 0.25) is 11.8 Å². The van der Waals surface area contributed by atoms with Gasteiger partial charge in [0.15, 0.2) is 0 Å². The first-order valence-electron chi connectivity index (χ1n) is 10.4. The fraction of sp³-hybridized carbons (Fsp3) is 0.636. The molecule has 0 spiro atoms. The van der Waals surface area contributed by atoms with E-state index in [-0.39, 0.29) is 11.8 Å². The van der Waals surface area contributed by atoms with Crippen molar-refractivity contribution in [1.82, 2.24) is 9.80 Å². The predicted molar refractivity (Wildman–Crippen MR) is 109 cm³/mol. The Morgan fingerprint density at radius 1 is 1.11 bits per heavy atom. The maximum Gasteiger partial charge on any atom is 0.223 e. The van der Waals surface area contributed by atoms with Crippen LogP contribution in [0.4, 0.5) is 5.69 Å². The van der Waals surface area contributed by atoms with E-state index in [1.165, 1.54) is 17.7 Å². The summed E-state index contributed by atoms with van der Waals surface area (Å²) in [5, 5.41) is 0. The van der Waals surface area contributed by atoms with Crippen LogP contribution in [0.15, 0.2) is 24.3 Å². The van der Waals surface area contributed by atoms with Crippen LogP contribution in [0.1, 0.15) is 50.5 Å². The zero-order valence-electron chi connectivity index (χ0n) is 16.8. The van der Waals surface area contributed by atoms with Crippen LogP contribution in [-0.2, 0) is 16.0 Å². The van der Waals surface area contributed by atoms with Gasteiger partial charge in [-0.15, -0.1) is 0 Å². The third-order valence-electron chi connectivity index (χ3n) is 5.93. The molecule has 5 nitrogen and oxygen atoms in total. The third kappa shape index (κ3) is 5.24. The van der Waals surface area contributed by atoms with Crippen LogP contribution in [0.2, 0.25) is 0 Å². The molecule has 148 valence electrons. The number of carbonyl (C=O) groups is 2. The van der Waals surface area contributed by atoms with Crippen LogP contribution in [0.3, 0.4) is 0 Å². The largest absolute Gasteiger partial charge is 0.378 e. The van der Waals surface area contributed by atoms with E-state index in [1.807, 2.05) is 19.0 Å². The van der Waals surface area contributed by atoms with E-state index in [9.17, 15) is 9.59 Å². The molecule has 2 heterocycles. The highest BCUT2D eigenvalue weighted by Crippen LogP contribution is 2.23. The second-order valence-corrected chi connectivity index (χ2v) is 8.07. The van der Waals surface area contributed by atoms with Crippen LogP contribution < -0.4 is 4.90 Å². The summed E-state index contributed by atoms with van der Waals surface area (Å²) in [6, 6.07) is 8.76. The lowest BCUT2D eigenvalue weighted by Crippen LogP contribution is -2.45. The normalized spacial score (nSPS) is 20.2.